The monoisotopic (exact) mass is 482 g/mol. The zero-order valence-corrected chi connectivity index (χ0v) is 19.3. The third-order valence-corrected chi connectivity index (χ3v) is 6.09. The molecule has 9 heteroatoms. The van der Waals surface area contributed by atoms with Gasteiger partial charge in [-0.15, -0.1) is 11.3 Å². The lowest BCUT2D eigenvalue weighted by atomic mass is 10.2. The van der Waals surface area contributed by atoms with Crippen LogP contribution in [0.15, 0.2) is 70.8 Å². The zero-order chi connectivity index (χ0) is 23.4. The zero-order valence-electron chi connectivity index (χ0n) is 17.7. The number of benzene rings is 2. The molecule has 1 amide bonds. The van der Waals surface area contributed by atoms with Crippen molar-refractivity contribution in [2.45, 2.75) is 26.4 Å². The first-order chi connectivity index (χ1) is 16.0. The molecule has 0 N–H and O–H groups in total. The number of rotatable bonds is 7. The number of aromatic nitrogens is 3. The second-order valence-electron chi connectivity index (χ2n) is 7.29. The molecule has 0 aliphatic heterocycles. The van der Waals surface area contributed by atoms with Gasteiger partial charge in [-0.1, -0.05) is 48.9 Å². The Labute approximate surface area is 198 Å². The fourth-order valence-corrected chi connectivity index (χ4v) is 4.31. The van der Waals surface area contributed by atoms with E-state index < -0.39 is 5.91 Å². The van der Waals surface area contributed by atoms with Crippen molar-refractivity contribution in [1.82, 2.24) is 14.8 Å². The lowest BCUT2D eigenvalue weighted by Gasteiger charge is -2.20. The van der Waals surface area contributed by atoms with Crippen molar-refractivity contribution >= 4 is 34.0 Å². The van der Waals surface area contributed by atoms with Gasteiger partial charge < -0.3 is 0 Å². The third kappa shape index (κ3) is 5.18. The predicted octanol–water partition coefficient (Wildman–Crippen LogP) is 5.42. The highest BCUT2D eigenvalue weighted by Crippen LogP contribution is 2.32. The minimum atomic E-state index is -0.413. The van der Waals surface area contributed by atoms with E-state index in [4.69, 9.17) is 11.6 Å². The third-order valence-electron chi connectivity index (χ3n) is 4.89. The van der Waals surface area contributed by atoms with E-state index in [1.165, 1.54) is 45.2 Å². The average molecular weight is 483 g/mol. The van der Waals surface area contributed by atoms with Crippen molar-refractivity contribution in [3.63, 3.8) is 0 Å². The Balaban J connectivity index is 1.73. The normalized spacial score (nSPS) is 10.9. The summed E-state index contributed by atoms with van der Waals surface area (Å²) in [7, 11) is 0. The number of thiazole rings is 1. The summed E-state index contributed by atoms with van der Waals surface area (Å²) in [5.41, 5.74) is 1.97. The van der Waals surface area contributed by atoms with Crippen LogP contribution >= 0.6 is 22.9 Å². The van der Waals surface area contributed by atoms with E-state index in [9.17, 15) is 14.0 Å². The smallest absolute Gasteiger partial charge is 0.278 e. The topological polar surface area (TPSA) is 68.1 Å². The van der Waals surface area contributed by atoms with Crippen LogP contribution in [0.5, 0.6) is 0 Å². The fourth-order valence-electron chi connectivity index (χ4n) is 3.25. The highest BCUT2D eigenvalue weighted by Gasteiger charge is 2.24. The molecule has 0 aliphatic carbocycles. The lowest BCUT2D eigenvalue weighted by Crippen LogP contribution is -2.33. The second kappa shape index (κ2) is 10.1. The van der Waals surface area contributed by atoms with Gasteiger partial charge in [0, 0.05) is 28.6 Å². The molecular formula is C24H20ClFN4O2S. The Kier molecular flexibility index (Phi) is 6.96. The van der Waals surface area contributed by atoms with Gasteiger partial charge in [0.25, 0.3) is 11.5 Å². The molecule has 0 aliphatic rings. The maximum absolute atomic E-state index is 13.5. The number of halogens is 2. The molecule has 2 heterocycles. The van der Waals surface area contributed by atoms with E-state index in [-0.39, 0.29) is 23.6 Å². The summed E-state index contributed by atoms with van der Waals surface area (Å²) in [6.07, 6.45) is 0.706. The lowest BCUT2D eigenvalue weighted by molar-refractivity contribution is 0.0977. The van der Waals surface area contributed by atoms with Crippen LogP contribution in [0, 0.1) is 5.82 Å². The highest BCUT2D eigenvalue weighted by atomic mass is 35.5. The number of anilines is 1. The molecule has 0 radical (unpaired) electrons. The number of hydrogen-bond donors (Lipinski definition) is 0. The van der Waals surface area contributed by atoms with E-state index in [1.807, 2.05) is 30.5 Å². The van der Waals surface area contributed by atoms with Crippen molar-refractivity contribution in [2.75, 3.05) is 4.90 Å². The van der Waals surface area contributed by atoms with E-state index in [0.29, 0.717) is 28.8 Å². The summed E-state index contributed by atoms with van der Waals surface area (Å²) in [6, 6.07) is 16.0. The van der Waals surface area contributed by atoms with Gasteiger partial charge in [0.1, 0.15) is 11.5 Å². The molecule has 33 heavy (non-hydrogen) atoms. The summed E-state index contributed by atoms with van der Waals surface area (Å²) in [5.74, 6) is -0.774. The predicted molar refractivity (Wildman–Crippen MR) is 128 cm³/mol. The molecule has 4 aromatic rings. The molecule has 2 aromatic carbocycles. The number of nitrogens with zero attached hydrogens (tertiary/aromatic N) is 4. The van der Waals surface area contributed by atoms with E-state index in [1.54, 1.807) is 18.2 Å². The van der Waals surface area contributed by atoms with Gasteiger partial charge in [-0.3, -0.25) is 14.5 Å². The minimum absolute atomic E-state index is 0.125. The Bertz CT molecular complexity index is 1340. The number of amides is 1. The fraction of sp³-hybridized carbons (Fsp3) is 0.167. The van der Waals surface area contributed by atoms with Crippen LogP contribution in [-0.4, -0.2) is 20.7 Å². The molecule has 6 nitrogen and oxygen atoms in total. The van der Waals surface area contributed by atoms with Gasteiger partial charge >= 0.3 is 0 Å². The van der Waals surface area contributed by atoms with E-state index >= 15 is 0 Å². The van der Waals surface area contributed by atoms with E-state index in [2.05, 4.69) is 10.1 Å². The molecule has 168 valence electrons. The second-order valence-corrected chi connectivity index (χ2v) is 8.54. The van der Waals surface area contributed by atoms with Crippen LogP contribution in [0.1, 0.15) is 29.4 Å². The number of aryl methyl sites for hydroxylation is 1. The number of hydrogen-bond acceptors (Lipinski definition) is 5. The Hall–Kier alpha value is -3.36. The molecule has 0 atom stereocenters. The first-order valence-corrected chi connectivity index (χ1v) is 11.6. The van der Waals surface area contributed by atoms with Crippen LogP contribution in [-0.2, 0) is 13.1 Å². The van der Waals surface area contributed by atoms with Gasteiger partial charge in [-0.2, -0.15) is 5.10 Å². The maximum Gasteiger partial charge on any atom is 0.280 e. The molecule has 0 bridgehead atoms. The van der Waals surface area contributed by atoms with Gasteiger partial charge in [0.2, 0.25) is 0 Å². The largest absolute Gasteiger partial charge is 0.280 e. The molecule has 0 unspecified atom stereocenters. The quantitative estimate of drug-likeness (QED) is 0.353. The standard InChI is InChI=1S/C24H20ClFN4O2S/c1-2-13-30-22(31)12-11-20(28-30)23(32)29(14-16-7-9-17(26)10-8-16)24-27-21(15-33-24)18-5-3-4-6-19(18)25/h3-12,15H,2,13-14H2,1H3. The molecule has 4 rings (SSSR count). The summed E-state index contributed by atoms with van der Waals surface area (Å²) < 4.78 is 14.7. The molecule has 0 saturated carbocycles. The van der Waals surface area contributed by atoms with Crippen LogP contribution in [0.25, 0.3) is 11.3 Å². The van der Waals surface area contributed by atoms with Crippen LogP contribution in [0.4, 0.5) is 9.52 Å². The summed E-state index contributed by atoms with van der Waals surface area (Å²) in [5, 5.41) is 7.07. The minimum Gasteiger partial charge on any atom is -0.278 e. The van der Waals surface area contributed by atoms with Crippen molar-refractivity contribution in [1.29, 1.82) is 0 Å². The first kappa shape index (κ1) is 22.8. The Morgan fingerprint density at radius 2 is 1.88 bits per heavy atom. The van der Waals surface area contributed by atoms with Gasteiger partial charge in [-0.05, 0) is 36.2 Å². The molecule has 0 saturated heterocycles. The first-order valence-electron chi connectivity index (χ1n) is 10.3. The molecule has 0 fully saturated rings. The van der Waals surface area contributed by atoms with Crippen molar-refractivity contribution < 1.29 is 9.18 Å². The van der Waals surface area contributed by atoms with Crippen molar-refractivity contribution in [2.24, 2.45) is 0 Å². The highest BCUT2D eigenvalue weighted by molar-refractivity contribution is 7.14. The van der Waals surface area contributed by atoms with Gasteiger partial charge in [0.05, 0.1) is 12.2 Å². The van der Waals surface area contributed by atoms with Crippen molar-refractivity contribution in [3.8, 4) is 11.3 Å². The Morgan fingerprint density at radius 3 is 2.61 bits per heavy atom. The SMILES string of the molecule is CCCn1nc(C(=O)N(Cc2ccc(F)cc2)c2nc(-c3ccccc3Cl)cs2)ccc1=O. The molecular weight excluding hydrogens is 463 g/mol. The number of carbonyl (C=O) groups is 1. The summed E-state index contributed by atoms with van der Waals surface area (Å²) in [4.78, 5) is 31.7. The van der Waals surface area contributed by atoms with Gasteiger partial charge in [-0.25, -0.2) is 14.1 Å². The van der Waals surface area contributed by atoms with Crippen LogP contribution in [0.3, 0.4) is 0 Å². The van der Waals surface area contributed by atoms with E-state index in [0.717, 1.165) is 11.1 Å². The molecule has 2 aromatic heterocycles. The van der Waals surface area contributed by atoms with Crippen molar-refractivity contribution in [3.05, 3.63) is 98.5 Å². The summed E-state index contributed by atoms with van der Waals surface area (Å²) >= 11 is 7.61. The number of carbonyl (C=O) groups excluding carboxylic acids is 1. The average Bonchev–Trinajstić information content (AvgIpc) is 3.30. The van der Waals surface area contributed by atoms with Gasteiger partial charge in [0.15, 0.2) is 5.13 Å². The molecule has 0 spiro atoms. The van der Waals surface area contributed by atoms with Crippen LogP contribution < -0.4 is 10.5 Å². The van der Waals surface area contributed by atoms with Crippen LogP contribution in [0.2, 0.25) is 5.02 Å². The summed E-state index contributed by atoms with van der Waals surface area (Å²) in [6.45, 7) is 2.49. The maximum atomic E-state index is 13.5. The Morgan fingerprint density at radius 1 is 1.12 bits per heavy atom.